The van der Waals surface area contributed by atoms with E-state index in [1.165, 1.54) is 0 Å². The van der Waals surface area contributed by atoms with Gasteiger partial charge >= 0.3 is 0 Å². The SMILES string of the molecule is CC(C)C[C@H]1NC(=O)[C@@H]2C[C@]3([C@]45C[C@H]6C(=O)N[C@H](C(C)C)C(=O)N6[C@H]4Nc4ccccc45)c4ccccc4N[C@@H]3N2C1=O. The van der Waals surface area contributed by atoms with Crippen LogP contribution >= 0.6 is 0 Å². The molecule has 0 unspecified atom stereocenters. The normalized spacial score (nSPS) is 36.8. The first-order valence-corrected chi connectivity index (χ1v) is 15.6. The van der Waals surface area contributed by atoms with Crippen molar-refractivity contribution in [2.24, 2.45) is 11.8 Å². The van der Waals surface area contributed by atoms with Crippen molar-refractivity contribution < 1.29 is 19.2 Å². The van der Waals surface area contributed by atoms with Crippen LogP contribution in [0.4, 0.5) is 11.4 Å². The van der Waals surface area contributed by atoms with Crippen molar-refractivity contribution in [2.45, 2.75) is 94.3 Å². The van der Waals surface area contributed by atoms with Crippen molar-refractivity contribution in [2.75, 3.05) is 10.6 Å². The minimum Gasteiger partial charge on any atom is -0.364 e. The maximum Gasteiger partial charge on any atom is 0.247 e. The van der Waals surface area contributed by atoms with Gasteiger partial charge in [0.05, 0.1) is 10.8 Å². The highest BCUT2D eigenvalue weighted by atomic mass is 16.2. The van der Waals surface area contributed by atoms with Crippen LogP contribution in [-0.4, -0.2) is 69.9 Å². The van der Waals surface area contributed by atoms with E-state index in [9.17, 15) is 19.2 Å². The number of amides is 4. The lowest BCUT2D eigenvalue weighted by Crippen LogP contribution is -2.67. The van der Waals surface area contributed by atoms with Gasteiger partial charge < -0.3 is 31.1 Å². The average molecular weight is 583 g/mol. The molecule has 6 aliphatic rings. The molecule has 0 radical (unpaired) electrons. The molecule has 4 amide bonds. The van der Waals surface area contributed by atoms with E-state index in [4.69, 9.17) is 0 Å². The van der Waals surface area contributed by atoms with Gasteiger partial charge in [-0.15, -0.1) is 0 Å². The highest BCUT2D eigenvalue weighted by molar-refractivity contribution is 6.01. The van der Waals surface area contributed by atoms with Gasteiger partial charge in [0.15, 0.2) is 0 Å². The van der Waals surface area contributed by atoms with Crippen molar-refractivity contribution in [3.8, 4) is 0 Å². The van der Waals surface area contributed by atoms with Gasteiger partial charge in [-0.1, -0.05) is 64.1 Å². The Hall–Kier alpha value is -4.08. The zero-order chi connectivity index (χ0) is 30.0. The van der Waals surface area contributed by atoms with Gasteiger partial charge in [-0.3, -0.25) is 19.2 Å². The van der Waals surface area contributed by atoms with Gasteiger partial charge in [-0.2, -0.15) is 0 Å². The summed E-state index contributed by atoms with van der Waals surface area (Å²) in [4.78, 5) is 59.7. The number of anilines is 2. The van der Waals surface area contributed by atoms with E-state index in [0.29, 0.717) is 19.3 Å². The number of rotatable bonds is 4. The molecule has 4 saturated heterocycles. The standard InChI is InChI=1S/C33H38N6O4/c1-16(2)13-22-28(42)38-23(26(40)34-22)14-32(18-9-5-7-11-20(18)35-30(32)38)33-15-24-27(41)37-25(17(3)4)29(43)39(24)31(33)36-21-12-8-6-10-19(21)33/h5-12,16-17,22-25,30-31,35-36H,13-15H2,1-4H3,(H,34,40)(H,37,41)/t22-,23+,24+,25-,30-,31-,32+,33+/m1/s1. The summed E-state index contributed by atoms with van der Waals surface area (Å²) in [6.07, 6.45) is 0.252. The predicted octanol–water partition coefficient (Wildman–Crippen LogP) is 2.27. The second kappa shape index (κ2) is 8.74. The number of fused-ring (bicyclic) bond motifs is 11. The van der Waals surface area contributed by atoms with E-state index in [1.807, 2.05) is 50.2 Å². The number of hydrogen-bond donors (Lipinski definition) is 4. The van der Waals surface area contributed by atoms with Crippen LogP contribution in [0.2, 0.25) is 0 Å². The Morgan fingerprint density at radius 1 is 0.698 bits per heavy atom. The molecule has 0 spiro atoms. The summed E-state index contributed by atoms with van der Waals surface area (Å²) in [5.74, 6) is -0.321. The molecule has 0 saturated carbocycles. The molecule has 4 fully saturated rings. The third-order valence-electron chi connectivity index (χ3n) is 11.1. The second-order valence-corrected chi connectivity index (χ2v) is 14.0. The minimum absolute atomic E-state index is 0.0735. The largest absolute Gasteiger partial charge is 0.364 e. The van der Waals surface area contributed by atoms with Crippen molar-refractivity contribution in [3.05, 3.63) is 59.7 Å². The lowest BCUT2D eigenvalue weighted by Gasteiger charge is -2.48. The molecule has 2 aromatic rings. The van der Waals surface area contributed by atoms with Gasteiger partial charge in [-0.05, 0) is 54.4 Å². The van der Waals surface area contributed by atoms with Gasteiger partial charge in [0.1, 0.15) is 36.5 Å². The van der Waals surface area contributed by atoms with Crippen LogP contribution < -0.4 is 21.3 Å². The fourth-order valence-electron chi connectivity index (χ4n) is 9.45. The smallest absolute Gasteiger partial charge is 0.247 e. The van der Waals surface area contributed by atoms with Crippen molar-refractivity contribution in [3.63, 3.8) is 0 Å². The summed E-state index contributed by atoms with van der Waals surface area (Å²) in [6.45, 7) is 7.99. The van der Waals surface area contributed by atoms with Crippen LogP contribution in [0.25, 0.3) is 0 Å². The summed E-state index contributed by atoms with van der Waals surface area (Å²) in [5.41, 5.74) is 2.27. The van der Waals surface area contributed by atoms with Crippen LogP contribution in [0.5, 0.6) is 0 Å². The number of nitrogens with zero attached hydrogens (tertiary/aromatic N) is 2. The summed E-state index contributed by atoms with van der Waals surface area (Å²) in [7, 11) is 0. The molecule has 6 heterocycles. The predicted molar refractivity (Wildman–Crippen MR) is 160 cm³/mol. The molecule has 10 nitrogen and oxygen atoms in total. The van der Waals surface area contributed by atoms with Gasteiger partial charge in [0, 0.05) is 11.4 Å². The van der Waals surface area contributed by atoms with Crippen molar-refractivity contribution >= 4 is 35.0 Å². The van der Waals surface area contributed by atoms with Gasteiger partial charge in [0.2, 0.25) is 23.6 Å². The second-order valence-electron chi connectivity index (χ2n) is 14.0. The van der Waals surface area contributed by atoms with Crippen LogP contribution in [-0.2, 0) is 30.0 Å². The molecule has 224 valence electrons. The van der Waals surface area contributed by atoms with Crippen molar-refractivity contribution in [1.29, 1.82) is 0 Å². The van der Waals surface area contributed by atoms with E-state index in [0.717, 1.165) is 22.5 Å². The zero-order valence-electron chi connectivity index (χ0n) is 24.9. The quantitative estimate of drug-likeness (QED) is 0.439. The number of benzene rings is 2. The first kappa shape index (κ1) is 26.5. The van der Waals surface area contributed by atoms with Gasteiger partial charge in [-0.25, -0.2) is 0 Å². The Labute approximate surface area is 250 Å². The van der Waals surface area contributed by atoms with Crippen LogP contribution in [0.15, 0.2) is 48.5 Å². The zero-order valence-corrected chi connectivity index (χ0v) is 24.9. The molecule has 8 rings (SSSR count). The van der Waals surface area contributed by atoms with Gasteiger partial charge in [0.25, 0.3) is 0 Å². The highest BCUT2D eigenvalue weighted by Gasteiger charge is 2.78. The third kappa shape index (κ3) is 3.14. The number of para-hydroxylation sites is 2. The minimum atomic E-state index is -0.803. The maximum atomic E-state index is 14.3. The Bertz CT molecular complexity index is 1590. The molecule has 8 atom stereocenters. The number of hydrogen-bond acceptors (Lipinski definition) is 6. The molecular weight excluding hydrogens is 544 g/mol. The topological polar surface area (TPSA) is 123 Å². The first-order valence-electron chi connectivity index (χ1n) is 15.6. The Balaban J connectivity index is 1.37. The Morgan fingerprint density at radius 3 is 1.70 bits per heavy atom. The van der Waals surface area contributed by atoms with Crippen LogP contribution in [0.1, 0.15) is 58.1 Å². The van der Waals surface area contributed by atoms with E-state index < -0.39 is 47.3 Å². The Kier molecular flexibility index (Phi) is 5.39. The lowest BCUT2D eigenvalue weighted by atomic mass is 9.54. The molecule has 10 heteroatoms. The van der Waals surface area contributed by atoms with E-state index in [-0.39, 0.29) is 35.5 Å². The molecule has 43 heavy (non-hydrogen) atoms. The fourth-order valence-corrected chi connectivity index (χ4v) is 9.45. The number of piperazine rings is 2. The van der Waals surface area contributed by atoms with Crippen LogP contribution in [0.3, 0.4) is 0 Å². The van der Waals surface area contributed by atoms with Crippen LogP contribution in [0, 0.1) is 11.8 Å². The molecule has 2 aromatic carbocycles. The molecule has 6 aliphatic heterocycles. The van der Waals surface area contributed by atoms with E-state index in [1.54, 1.807) is 9.80 Å². The highest BCUT2D eigenvalue weighted by Crippen LogP contribution is 2.68. The summed E-state index contributed by atoms with van der Waals surface area (Å²) < 4.78 is 0. The van der Waals surface area contributed by atoms with E-state index in [2.05, 4.69) is 47.2 Å². The molecule has 0 bridgehead atoms. The molecule has 4 N–H and O–H groups in total. The lowest BCUT2D eigenvalue weighted by molar-refractivity contribution is -0.150. The maximum absolute atomic E-state index is 14.3. The average Bonchev–Trinajstić information content (AvgIpc) is 3.67. The third-order valence-corrected chi connectivity index (χ3v) is 11.1. The van der Waals surface area contributed by atoms with E-state index >= 15 is 0 Å². The molecule has 0 aliphatic carbocycles. The number of carbonyl (C=O) groups excluding carboxylic acids is 4. The summed E-state index contributed by atoms with van der Waals surface area (Å²) >= 11 is 0. The molecule has 0 aromatic heterocycles. The number of carbonyl (C=O) groups is 4. The van der Waals surface area contributed by atoms with Crippen molar-refractivity contribution in [1.82, 2.24) is 20.4 Å². The monoisotopic (exact) mass is 582 g/mol. The first-order chi connectivity index (χ1) is 20.6. The number of nitrogens with one attached hydrogen (secondary N) is 4. The Morgan fingerprint density at radius 2 is 1.19 bits per heavy atom. The fraction of sp³-hybridized carbons (Fsp3) is 0.515. The summed E-state index contributed by atoms with van der Waals surface area (Å²) in [6, 6.07) is 13.6. The summed E-state index contributed by atoms with van der Waals surface area (Å²) in [5, 5.41) is 13.5. The molecular formula is C33H38N6O4.